The lowest BCUT2D eigenvalue weighted by molar-refractivity contribution is -0.134. The largest absolute Gasteiger partial charge is 0.294 e. The highest BCUT2D eigenvalue weighted by Crippen LogP contribution is 2.24. The third-order valence-corrected chi connectivity index (χ3v) is 5.27. The lowest BCUT2D eigenvalue weighted by Gasteiger charge is -2.37. The summed E-state index contributed by atoms with van der Waals surface area (Å²) in [5.74, 6) is -0.573. The molecule has 7 nitrogen and oxygen atoms in total. The first kappa shape index (κ1) is 14.4. The number of hydrogen-bond donors (Lipinski definition) is 1. The highest BCUT2D eigenvalue weighted by Gasteiger charge is 2.38. The van der Waals surface area contributed by atoms with E-state index < -0.39 is 22.0 Å². The van der Waals surface area contributed by atoms with Crippen LogP contribution < -0.4 is 5.32 Å². The SMILES string of the molecule is CC1CC(C)CN(S(=O)(=O)N2CC(=O)NC(=O)C2)C1. The third kappa shape index (κ3) is 3.13. The van der Waals surface area contributed by atoms with Gasteiger partial charge in [-0.3, -0.25) is 14.9 Å². The molecule has 2 atom stereocenters. The molecule has 2 amide bonds. The molecule has 19 heavy (non-hydrogen) atoms. The third-order valence-electron chi connectivity index (χ3n) is 3.41. The predicted molar refractivity (Wildman–Crippen MR) is 68.2 cm³/mol. The van der Waals surface area contributed by atoms with Crippen molar-refractivity contribution in [1.82, 2.24) is 13.9 Å². The predicted octanol–water partition coefficient (Wildman–Crippen LogP) is -0.832. The van der Waals surface area contributed by atoms with Crippen LogP contribution in [0.25, 0.3) is 0 Å². The molecule has 8 heteroatoms. The number of amides is 2. The van der Waals surface area contributed by atoms with Gasteiger partial charge >= 0.3 is 0 Å². The second-order valence-corrected chi connectivity index (χ2v) is 7.44. The van der Waals surface area contributed by atoms with Gasteiger partial charge in [0.1, 0.15) is 0 Å². The molecule has 0 aromatic carbocycles. The summed E-state index contributed by atoms with van der Waals surface area (Å²) in [6.45, 7) is 4.33. The number of piperazine rings is 1. The molecule has 0 radical (unpaired) electrons. The minimum atomic E-state index is -3.73. The molecule has 1 N–H and O–H groups in total. The van der Waals surface area contributed by atoms with Crippen LogP contribution in [0.5, 0.6) is 0 Å². The number of hydrogen-bond acceptors (Lipinski definition) is 4. The van der Waals surface area contributed by atoms with E-state index in [9.17, 15) is 18.0 Å². The monoisotopic (exact) mass is 289 g/mol. The topological polar surface area (TPSA) is 86.8 Å². The van der Waals surface area contributed by atoms with Crippen LogP contribution in [0.1, 0.15) is 20.3 Å². The fourth-order valence-corrected chi connectivity index (χ4v) is 4.50. The average Bonchev–Trinajstić information content (AvgIpc) is 2.26. The molecule has 2 unspecified atom stereocenters. The van der Waals surface area contributed by atoms with E-state index in [2.05, 4.69) is 5.32 Å². The Balaban J connectivity index is 2.17. The van der Waals surface area contributed by atoms with Crippen molar-refractivity contribution in [2.75, 3.05) is 26.2 Å². The Bertz CT molecular complexity index is 464. The van der Waals surface area contributed by atoms with Gasteiger partial charge in [0, 0.05) is 13.1 Å². The second-order valence-electron chi connectivity index (χ2n) is 5.51. The van der Waals surface area contributed by atoms with Gasteiger partial charge < -0.3 is 0 Å². The second kappa shape index (κ2) is 5.18. The van der Waals surface area contributed by atoms with Crippen LogP contribution in [0.3, 0.4) is 0 Å². The van der Waals surface area contributed by atoms with Crippen LogP contribution in [0.2, 0.25) is 0 Å². The molecule has 0 aromatic heterocycles. The van der Waals surface area contributed by atoms with Gasteiger partial charge in [-0.25, -0.2) is 0 Å². The van der Waals surface area contributed by atoms with E-state index in [-0.39, 0.29) is 24.9 Å². The van der Waals surface area contributed by atoms with Gasteiger partial charge in [-0.05, 0) is 18.3 Å². The van der Waals surface area contributed by atoms with Crippen molar-refractivity contribution < 1.29 is 18.0 Å². The Morgan fingerprint density at radius 2 is 1.47 bits per heavy atom. The molecule has 108 valence electrons. The normalized spacial score (nSPS) is 31.3. The zero-order valence-electron chi connectivity index (χ0n) is 11.1. The molecule has 0 aromatic rings. The lowest BCUT2D eigenvalue weighted by atomic mass is 9.94. The van der Waals surface area contributed by atoms with E-state index in [1.165, 1.54) is 4.31 Å². The van der Waals surface area contributed by atoms with Crippen molar-refractivity contribution in [3.8, 4) is 0 Å². The molecular formula is C11H19N3O4S. The first-order chi connectivity index (χ1) is 8.79. The molecule has 2 aliphatic heterocycles. The molecule has 0 aliphatic carbocycles. The fraction of sp³-hybridized carbons (Fsp3) is 0.818. The van der Waals surface area contributed by atoms with E-state index in [1.54, 1.807) is 0 Å². The quantitative estimate of drug-likeness (QED) is 0.672. The summed E-state index contributed by atoms with van der Waals surface area (Å²) in [6, 6.07) is 0. The zero-order chi connectivity index (χ0) is 14.2. The molecule has 2 saturated heterocycles. The smallest absolute Gasteiger partial charge is 0.282 e. The van der Waals surface area contributed by atoms with Crippen molar-refractivity contribution in [3.63, 3.8) is 0 Å². The highest BCUT2D eigenvalue weighted by atomic mass is 32.2. The van der Waals surface area contributed by atoms with Crippen molar-refractivity contribution in [2.24, 2.45) is 11.8 Å². The summed E-state index contributed by atoms with van der Waals surface area (Å²) < 4.78 is 27.2. The van der Waals surface area contributed by atoms with Crippen molar-refractivity contribution >= 4 is 22.0 Å². The van der Waals surface area contributed by atoms with Crippen molar-refractivity contribution in [1.29, 1.82) is 0 Å². The number of nitrogens with zero attached hydrogens (tertiary/aromatic N) is 2. The van der Waals surface area contributed by atoms with Gasteiger partial charge in [-0.1, -0.05) is 13.8 Å². The van der Waals surface area contributed by atoms with Crippen LogP contribution in [0.4, 0.5) is 0 Å². The Morgan fingerprint density at radius 3 is 1.95 bits per heavy atom. The maximum Gasteiger partial charge on any atom is 0.282 e. The highest BCUT2D eigenvalue weighted by molar-refractivity contribution is 7.86. The van der Waals surface area contributed by atoms with Gasteiger partial charge in [-0.15, -0.1) is 0 Å². The zero-order valence-corrected chi connectivity index (χ0v) is 11.9. The Kier molecular flexibility index (Phi) is 3.93. The number of nitrogens with one attached hydrogen (secondary N) is 1. The number of rotatable bonds is 2. The molecule has 0 saturated carbocycles. The van der Waals surface area contributed by atoms with E-state index >= 15 is 0 Å². The van der Waals surface area contributed by atoms with Crippen LogP contribution in [0, 0.1) is 11.8 Å². The molecule has 2 rings (SSSR count). The molecule has 2 heterocycles. The molecule has 2 aliphatic rings. The molecule has 2 fully saturated rings. The van der Waals surface area contributed by atoms with Gasteiger partial charge in [0.15, 0.2) is 0 Å². The van der Waals surface area contributed by atoms with Crippen molar-refractivity contribution in [3.05, 3.63) is 0 Å². The number of imide groups is 1. The first-order valence-electron chi connectivity index (χ1n) is 6.37. The standard InChI is InChI=1S/C11H19N3O4S/c1-8-3-9(2)5-13(4-8)19(17,18)14-6-10(15)12-11(16)7-14/h8-9H,3-7H2,1-2H3,(H,12,15,16). The van der Waals surface area contributed by atoms with E-state index in [1.807, 2.05) is 13.8 Å². The average molecular weight is 289 g/mol. The van der Waals surface area contributed by atoms with Crippen LogP contribution in [-0.2, 0) is 19.8 Å². The number of carbonyl (C=O) groups excluding carboxylic acids is 2. The summed E-state index contributed by atoms with van der Waals surface area (Å²) in [5, 5.41) is 2.10. The Morgan fingerprint density at radius 1 is 1.00 bits per heavy atom. The van der Waals surface area contributed by atoms with Gasteiger partial charge in [0.05, 0.1) is 13.1 Å². The molecule has 0 spiro atoms. The van der Waals surface area contributed by atoms with E-state index in [0.29, 0.717) is 13.1 Å². The fourth-order valence-electron chi connectivity index (χ4n) is 2.73. The van der Waals surface area contributed by atoms with Crippen molar-refractivity contribution in [2.45, 2.75) is 20.3 Å². The molecular weight excluding hydrogens is 270 g/mol. The summed E-state index contributed by atoms with van der Waals surface area (Å²) in [5.41, 5.74) is 0. The summed E-state index contributed by atoms with van der Waals surface area (Å²) >= 11 is 0. The van der Waals surface area contributed by atoms with E-state index in [0.717, 1.165) is 10.7 Å². The minimum Gasteiger partial charge on any atom is -0.294 e. The van der Waals surface area contributed by atoms with E-state index in [4.69, 9.17) is 0 Å². The van der Waals surface area contributed by atoms with Crippen LogP contribution in [0.15, 0.2) is 0 Å². The van der Waals surface area contributed by atoms with Gasteiger partial charge in [0.2, 0.25) is 11.8 Å². The lowest BCUT2D eigenvalue weighted by Crippen LogP contribution is -2.58. The first-order valence-corrected chi connectivity index (χ1v) is 7.76. The van der Waals surface area contributed by atoms with Crippen LogP contribution >= 0.6 is 0 Å². The maximum absolute atomic E-state index is 12.4. The number of piperidine rings is 1. The van der Waals surface area contributed by atoms with Gasteiger partial charge in [-0.2, -0.15) is 17.0 Å². The summed E-state index contributed by atoms with van der Waals surface area (Å²) in [7, 11) is -3.73. The Labute approximate surface area is 113 Å². The minimum absolute atomic E-state index is 0.284. The maximum atomic E-state index is 12.4. The Hall–Kier alpha value is -0.990. The van der Waals surface area contributed by atoms with Crippen LogP contribution in [-0.4, -0.2) is 55.0 Å². The molecule has 0 bridgehead atoms. The van der Waals surface area contributed by atoms with Gasteiger partial charge in [0.25, 0.3) is 10.2 Å². The summed E-state index contributed by atoms with van der Waals surface area (Å²) in [4.78, 5) is 22.6. The summed E-state index contributed by atoms with van der Waals surface area (Å²) in [6.07, 6.45) is 0.992. The number of carbonyl (C=O) groups is 2.